The molecule has 22 heavy (non-hydrogen) atoms. The number of benzene rings is 1. The van der Waals surface area contributed by atoms with E-state index in [4.69, 9.17) is 0 Å². The van der Waals surface area contributed by atoms with Gasteiger partial charge in [-0.1, -0.05) is 12.1 Å². The van der Waals surface area contributed by atoms with Gasteiger partial charge >= 0.3 is 6.09 Å². The van der Waals surface area contributed by atoms with Crippen LogP contribution in [-0.4, -0.2) is 32.3 Å². The van der Waals surface area contributed by atoms with Gasteiger partial charge < -0.3 is 15.4 Å². The van der Waals surface area contributed by atoms with Gasteiger partial charge in [-0.25, -0.2) is 9.79 Å². The highest BCUT2D eigenvalue weighted by Gasteiger charge is 2.20. The van der Waals surface area contributed by atoms with Crippen LogP contribution in [0.15, 0.2) is 29.3 Å². The fraction of sp³-hybridized carbons (Fsp3) is 0.500. The molecule has 1 aromatic carbocycles. The number of hydrogen-bond donors (Lipinski definition) is 3. The molecule has 0 heterocycles. The molecule has 6 heteroatoms. The van der Waals surface area contributed by atoms with E-state index in [2.05, 4.69) is 32.6 Å². The molecule has 1 saturated carbocycles. The lowest BCUT2D eigenvalue weighted by Crippen LogP contribution is -2.38. The van der Waals surface area contributed by atoms with Crippen molar-refractivity contribution in [1.82, 2.24) is 10.6 Å². The number of guanidine groups is 1. The van der Waals surface area contributed by atoms with Gasteiger partial charge in [0.1, 0.15) is 0 Å². The molecule has 0 atom stereocenters. The minimum atomic E-state index is -0.468. The smallest absolute Gasteiger partial charge is 0.411 e. The van der Waals surface area contributed by atoms with Crippen molar-refractivity contribution < 1.29 is 9.53 Å². The molecule has 6 nitrogen and oxygen atoms in total. The number of nitrogens with one attached hydrogen (secondary N) is 3. The molecule has 0 bridgehead atoms. The Hall–Kier alpha value is -2.24. The van der Waals surface area contributed by atoms with Gasteiger partial charge in [0.2, 0.25) is 0 Å². The van der Waals surface area contributed by atoms with Crippen molar-refractivity contribution >= 4 is 17.7 Å². The van der Waals surface area contributed by atoms with E-state index in [-0.39, 0.29) is 0 Å². The first-order chi connectivity index (χ1) is 10.7. The quantitative estimate of drug-likeness (QED) is 0.557. The number of carbonyl (C=O) groups excluding carboxylic acids is 1. The van der Waals surface area contributed by atoms with Crippen LogP contribution in [0.5, 0.6) is 0 Å². The van der Waals surface area contributed by atoms with Crippen LogP contribution in [0.2, 0.25) is 0 Å². The van der Waals surface area contributed by atoms with E-state index < -0.39 is 6.09 Å². The van der Waals surface area contributed by atoms with Crippen molar-refractivity contribution in [3.05, 3.63) is 29.8 Å². The normalized spacial score (nSPS) is 14.4. The number of hydrogen-bond acceptors (Lipinski definition) is 3. The summed E-state index contributed by atoms with van der Waals surface area (Å²) in [6.07, 6.45) is 2.17. The Morgan fingerprint density at radius 2 is 2.00 bits per heavy atom. The number of nitrogens with zero attached hydrogens (tertiary/aromatic N) is 1. The second-order valence-electron chi connectivity index (χ2n) is 5.33. The molecule has 0 aromatic heterocycles. The zero-order valence-electron chi connectivity index (χ0n) is 13.2. The maximum atomic E-state index is 11.1. The summed E-state index contributed by atoms with van der Waals surface area (Å²) in [7, 11) is 1.34. The van der Waals surface area contributed by atoms with Gasteiger partial charge in [0.05, 0.1) is 13.7 Å². The molecule has 0 aliphatic heterocycles. The van der Waals surface area contributed by atoms with Crippen LogP contribution >= 0.6 is 0 Å². The van der Waals surface area contributed by atoms with E-state index in [0.29, 0.717) is 12.2 Å². The van der Waals surface area contributed by atoms with E-state index in [1.165, 1.54) is 20.0 Å². The molecule has 1 aliphatic rings. The molecule has 1 aromatic rings. The molecule has 1 amide bonds. The molecular weight excluding hydrogens is 280 g/mol. The van der Waals surface area contributed by atoms with Crippen molar-refractivity contribution in [2.45, 2.75) is 26.3 Å². The van der Waals surface area contributed by atoms with E-state index >= 15 is 0 Å². The molecule has 2 rings (SSSR count). The lowest BCUT2D eigenvalue weighted by molar-refractivity contribution is 0.187. The highest BCUT2D eigenvalue weighted by atomic mass is 16.5. The monoisotopic (exact) mass is 304 g/mol. The van der Waals surface area contributed by atoms with E-state index in [0.717, 1.165) is 30.5 Å². The van der Waals surface area contributed by atoms with Gasteiger partial charge in [-0.15, -0.1) is 0 Å². The average molecular weight is 304 g/mol. The molecule has 0 spiro atoms. The fourth-order valence-electron chi connectivity index (χ4n) is 1.94. The molecule has 0 radical (unpaired) electrons. The van der Waals surface area contributed by atoms with Crippen LogP contribution in [0.3, 0.4) is 0 Å². The minimum Gasteiger partial charge on any atom is -0.453 e. The lowest BCUT2D eigenvalue weighted by Gasteiger charge is -2.10. The molecule has 120 valence electrons. The molecule has 1 aliphatic carbocycles. The SMILES string of the molecule is CCNC(=NCc1ccc(NC(=O)OC)cc1)NCC1CC1. The van der Waals surface area contributed by atoms with Crippen LogP contribution in [0.25, 0.3) is 0 Å². The van der Waals surface area contributed by atoms with Gasteiger partial charge in [-0.2, -0.15) is 0 Å². The predicted octanol–water partition coefficient (Wildman–Crippen LogP) is 2.33. The van der Waals surface area contributed by atoms with Crippen LogP contribution in [0.1, 0.15) is 25.3 Å². The van der Waals surface area contributed by atoms with Crippen LogP contribution < -0.4 is 16.0 Å². The van der Waals surface area contributed by atoms with E-state index in [1.54, 1.807) is 0 Å². The van der Waals surface area contributed by atoms with Gasteiger partial charge in [-0.05, 0) is 43.4 Å². The first kappa shape index (κ1) is 16.1. The number of amides is 1. The Morgan fingerprint density at radius 1 is 1.27 bits per heavy atom. The maximum absolute atomic E-state index is 11.1. The van der Waals surface area contributed by atoms with Gasteiger partial charge in [-0.3, -0.25) is 5.32 Å². The topological polar surface area (TPSA) is 74.8 Å². The summed E-state index contributed by atoms with van der Waals surface area (Å²) in [6, 6.07) is 7.57. The molecule has 1 fully saturated rings. The first-order valence-electron chi connectivity index (χ1n) is 7.67. The highest BCUT2D eigenvalue weighted by molar-refractivity contribution is 5.84. The lowest BCUT2D eigenvalue weighted by atomic mass is 10.2. The first-order valence-corrected chi connectivity index (χ1v) is 7.67. The molecule has 3 N–H and O–H groups in total. The predicted molar refractivity (Wildman–Crippen MR) is 88.0 cm³/mol. The summed E-state index contributed by atoms with van der Waals surface area (Å²) in [4.78, 5) is 15.7. The minimum absolute atomic E-state index is 0.468. The van der Waals surface area contributed by atoms with Crippen LogP contribution in [0.4, 0.5) is 10.5 Å². The van der Waals surface area contributed by atoms with Crippen molar-refractivity contribution in [2.75, 3.05) is 25.5 Å². The average Bonchev–Trinajstić information content (AvgIpc) is 3.35. The third-order valence-corrected chi connectivity index (χ3v) is 3.40. The summed E-state index contributed by atoms with van der Waals surface area (Å²) >= 11 is 0. The Morgan fingerprint density at radius 3 is 2.59 bits per heavy atom. The largest absolute Gasteiger partial charge is 0.453 e. The summed E-state index contributed by atoms with van der Waals surface area (Å²) < 4.78 is 4.55. The number of rotatable bonds is 6. The van der Waals surface area contributed by atoms with Crippen LogP contribution in [-0.2, 0) is 11.3 Å². The standard InChI is InChI=1S/C16H24N4O2/c1-3-17-15(18-10-12-4-5-12)19-11-13-6-8-14(9-7-13)20-16(21)22-2/h6-9,12H,3-5,10-11H2,1-2H3,(H,20,21)(H2,17,18,19). The summed E-state index contributed by atoms with van der Waals surface area (Å²) in [5.74, 6) is 1.67. The second kappa shape index (κ2) is 8.26. The van der Waals surface area contributed by atoms with Gasteiger partial charge in [0.25, 0.3) is 0 Å². The molecular formula is C16H24N4O2. The zero-order valence-corrected chi connectivity index (χ0v) is 13.2. The Labute approximate surface area is 131 Å². The highest BCUT2D eigenvalue weighted by Crippen LogP contribution is 2.27. The van der Waals surface area contributed by atoms with Crippen molar-refractivity contribution in [3.63, 3.8) is 0 Å². The van der Waals surface area contributed by atoms with Crippen LogP contribution in [0, 0.1) is 5.92 Å². The third-order valence-electron chi connectivity index (χ3n) is 3.40. The Bertz CT molecular complexity index is 509. The van der Waals surface area contributed by atoms with E-state index in [9.17, 15) is 4.79 Å². The second-order valence-corrected chi connectivity index (χ2v) is 5.33. The zero-order chi connectivity index (χ0) is 15.8. The summed E-state index contributed by atoms with van der Waals surface area (Å²) in [5.41, 5.74) is 1.79. The van der Waals surface area contributed by atoms with Gasteiger partial charge in [0, 0.05) is 18.8 Å². The number of ether oxygens (including phenoxy) is 1. The van der Waals surface area contributed by atoms with Gasteiger partial charge in [0.15, 0.2) is 5.96 Å². The molecule has 0 saturated heterocycles. The van der Waals surface area contributed by atoms with Crippen molar-refractivity contribution in [1.29, 1.82) is 0 Å². The number of anilines is 1. The van der Waals surface area contributed by atoms with Crippen molar-refractivity contribution in [2.24, 2.45) is 10.9 Å². The number of aliphatic imine (C=N–C) groups is 1. The fourth-order valence-corrected chi connectivity index (χ4v) is 1.94. The summed E-state index contributed by atoms with van der Waals surface area (Å²) in [5, 5.41) is 9.23. The number of carbonyl (C=O) groups is 1. The van der Waals surface area contributed by atoms with Crippen molar-refractivity contribution in [3.8, 4) is 0 Å². The van der Waals surface area contributed by atoms with E-state index in [1.807, 2.05) is 24.3 Å². The maximum Gasteiger partial charge on any atom is 0.411 e. The Kier molecular flexibility index (Phi) is 6.06. The summed E-state index contributed by atoms with van der Waals surface area (Å²) in [6.45, 7) is 4.49. The molecule has 0 unspecified atom stereocenters. The third kappa shape index (κ3) is 5.63. The number of methoxy groups -OCH3 is 1. The Balaban J connectivity index is 1.86.